The van der Waals surface area contributed by atoms with Gasteiger partial charge in [0.05, 0.1) is 12.7 Å². The maximum Gasteiger partial charge on any atom is 0.220 e. The van der Waals surface area contributed by atoms with E-state index in [-0.39, 0.29) is 5.91 Å². The van der Waals surface area contributed by atoms with Crippen molar-refractivity contribution in [2.45, 2.75) is 25.4 Å². The van der Waals surface area contributed by atoms with Crippen LogP contribution in [0.1, 0.15) is 19.3 Å². The molecule has 1 unspecified atom stereocenters. The van der Waals surface area contributed by atoms with Gasteiger partial charge in [0.15, 0.2) is 0 Å². The number of aliphatic hydroxyl groups is 1. The van der Waals surface area contributed by atoms with Crippen molar-refractivity contribution in [2.24, 2.45) is 0 Å². The SMILES string of the molecule is COCC(O)CCNC(=O)CCCCl. The first-order chi connectivity index (χ1) is 6.70. The zero-order valence-corrected chi connectivity index (χ0v) is 9.22. The number of aliphatic hydroxyl groups excluding tert-OH is 1. The highest BCUT2D eigenvalue weighted by molar-refractivity contribution is 6.17. The Labute approximate surface area is 89.6 Å². The number of ether oxygens (including phenoxy) is 1. The quantitative estimate of drug-likeness (QED) is 0.590. The number of hydrogen-bond acceptors (Lipinski definition) is 3. The van der Waals surface area contributed by atoms with Gasteiger partial charge in [0, 0.05) is 26.0 Å². The van der Waals surface area contributed by atoms with Gasteiger partial charge in [-0.05, 0) is 12.8 Å². The molecule has 84 valence electrons. The van der Waals surface area contributed by atoms with Crippen molar-refractivity contribution in [1.82, 2.24) is 5.32 Å². The highest BCUT2D eigenvalue weighted by Crippen LogP contribution is 1.93. The lowest BCUT2D eigenvalue weighted by atomic mass is 10.2. The lowest BCUT2D eigenvalue weighted by Gasteiger charge is -2.09. The molecule has 0 aliphatic rings. The molecule has 0 fully saturated rings. The molecule has 0 aromatic rings. The van der Waals surface area contributed by atoms with Crippen LogP contribution >= 0.6 is 11.6 Å². The largest absolute Gasteiger partial charge is 0.391 e. The summed E-state index contributed by atoms with van der Waals surface area (Å²) in [6.07, 6.45) is 1.14. The lowest BCUT2D eigenvalue weighted by molar-refractivity contribution is -0.121. The maximum atomic E-state index is 11.1. The van der Waals surface area contributed by atoms with E-state index in [9.17, 15) is 9.90 Å². The first-order valence-electron chi connectivity index (χ1n) is 4.70. The van der Waals surface area contributed by atoms with Crippen LogP contribution in [0.15, 0.2) is 0 Å². The minimum absolute atomic E-state index is 0.0183. The van der Waals surface area contributed by atoms with Crippen LogP contribution in [0.2, 0.25) is 0 Å². The molecule has 0 aromatic heterocycles. The second kappa shape index (κ2) is 9.24. The number of carbonyl (C=O) groups excluding carboxylic acids is 1. The van der Waals surface area contributed by atoms with E-state index >= 15 is 0 Å². The molecule has 14 heavy (non-hydrogen) atoms. The molecular weight excluding hydrogens is 206 g/mol. The second-order valence-electron chi connectivity index (χ2n) is 3.04. The molecule has 0 saturated heterocycles. The smallest absolute Gasteiger partial charge is 0.220 e. The van der Waals surface area contributed by atoms with E-state index in [4.69, 9.17) is 16.3 Å². The van der Waals surface area contributed by atoms with Gasteiger partial charge in [-0.15, -0.1) is 11.6 Å². The van der Waals surface area contributed by atoms with Crippen LogP contribution in [0.3, 0.4) is 0 Å². The van der Waals surface area contributed by atoms with Crippen LogP contribution in [0.4, 0.5) is 0 Å². The fourth-order valence-electron chi connectivity index (χ4n) is 0.970. The summed E-state index contributed by atoms with van der Waals surface area (Å²) in [5.74, 6) is 0.481. The molecule has 0 heterocycles. The molecule has 0 saturated carbocycles. The number of alkyl halides is 1. The zero-order valence-electron chi connectivity index (χ0n) is 8.46. The van der Waals surface area contributed by atoms with E-state index in [1.165, 1.54) is 7.11 Å². The average Bonchev–Trinajstić information content (AvgIpc) is 2.15. The summed E-state index contributed by atoms with van der Waals surface area (Å²) in [5.41, 5.74) is 0. The number of methoxy groups -OCH3 is 1. The second-order valence-corrected chi connectivity index (χ2v) is 3.42. The van der Waals surface area contributed by atoms with Crippen LogP contribution in [-0.2, 0) is 9.53 Å². The number of amides is 1. The molecule has 1 atom stereocenters. The van der Waals surface area contributed by atoms with Gasteiger partial charge < -0.3 is 15.2 Å². The van der Waals surface area contributed by atoms with Crippen LogP contribution in [0, 0.1) is 0 Å². The number of nitrogens with one attached hydrogen (secondary N) is 1. The Hall–Kier alpha value is -0.320. The van der Waals surface area contributed by atoms with Crippen molar-refractivity contribution >= 4 is 17.5 Å². The molecule has 4 nitrogen and oxygen atoms in total. The van der Waals surface area contributed by atoms with Crippen molar-refractivity contribution < 1.29 is 14.6 Å². The highest BCUT2D eigenvalue weighted by Gasteiger charge is 2.04. The summed E-state index contributed by atoms with van der Waals surface area (Å²) in [7, 11) is 1.53. The topological polar surface area (TPSA) is 58.6 Å². The fourth-order valence-corrected chi connectivity index (χ4v) is 1.10. The summed E-state index contributed by atoms with van der Waals surface area (Å²) < 4.78 is 4.75. The third-order valence-corrected chi connectivity index (χ3v) is 1.96. The van der Waals surface area contributed by atoms with Crippen molar-refractivity contribution in [3.63, 3.8) is 0 Å². The highest BCUT2D eigenvalue weighted by atomic mass is 35.5. The number of halogens is 1. The Morgan fingerprint density at radius 2 is 2.36 bits per heavy atom. The van der Waals surface area contributed by atoms with Gasteiger partial charge in [0.2, 0.25) is 5.91 Å². The van der Waals surface area contributed by atoms with Crippen LogP contribution in [0.5, 0.6) is 0 Å². The third-order valence-electron chi connectivity index (χ3n) is 1.70. The Kier molecular flexibility index (Phi) is 9.03. The van der Waals surface area contributed by atoms with E-state index in [1.54, 1.807) is 0 Å². The molecule has 2 N–H and O–H groups in total. The minimum atomic E-state index is -0.506. The lowest BCUT2D eigenvalue weighted by Crippen LogP contribution is -2.28. The summed E-state index contributed by atoms with van der Waals surface area (Å²) in [5, 5.41) is 11.9. The predicted octanol–water partition coefficient (Wildman–Crippen LogP) is 0.519. The first kappa shape index (κ1) is 13.7. The molecule has 0 aromatic carbocycles. The Morgan fingerprint density at radius 3 is 2.93 bits per heavy atom. The number of rotatable bonds is 8. The molecule has 5 heteroatoms. The van der Waals surface area contributed by atoms with Gasteiger partial charge in [-0.25, -0.2) is 0 Å². The van der Waals surface area contributed by atoms with Crippen molar-refractivity contribution in [2.75, 3.05) is 26.1 Å². The van der Waals surface area contributed by atoms with Gasteiger partial charge in [0.1, 0.15) is 0 Å². The fraction of sp³-hybridized carbons (Fsp3) is 0.889. The first-order valence-corrected chi connectivity index (χ1v) is 5.23. The number of carbonyl (C=O) groups is 1. The minimum Gasteiger partial charge on any atom is -0.391 e. The molecular formula is C9H18ClNO3. The zero-order chi connectivity index (χ0) is 10.8. The van der Waals surface area contributed by atoms with E-state index in [1.807, 2.05) is 0 Å². The van der Waals surface area contributed by atoms with Gasteiger partial charge in [0.25, 0.3) is 0 Å². The molecule has 0 aliphatic carbocycles. The van der Waals surface area contributed by atoms with Gasteiger partial charge in [-0.2, -0.15) is 0 Å². The molecule has 0 rings (SSSR count). The summed E-state index contributed by atoms with van der Waals surface area (Å²) in [4.78, 5) is 11.1. The van der Waals surface area contributed by atoms with E-state index in [0.29, 0.717) is 38.3 Å². The van der Waals surface area contributed by atoms with Crippen LogP contribution in [-0.4, -0.2) is 43.3 Å². The standard InChI is InChI=1S/C9H18ClNO3/c1-14-7-8(12)4-6-11-9(13)3-2-5-10/h8,12H,2-7H2,1H3,(H,11,13). The third kappa shape index (κ3) is 8.29. The Balaban J connectivity index is 3.30. The van der Waals surface area contributed by atoms with Crippen LogP contribution in [0.25, 0.3) is 0 Å². The Morgan fingerprint density at radius 1 is 1.64 bits per heavy atom. The molecule has 0 aliphatic heterocycles. The van der Waals surface area contributed by atoms with E-state index in [0.717, 1.165) is 0 Å². The van der Waals surface area contributed by atoms with Gasteiger partial charge >= 0.3 is 0 Å². The van der Waals surface area contributed by atoms with Crippen molar-refractivity contribution in [3.05, 3.63) is 0 Å². The normalized spacial score (nSPS) is 12.5. The predicted molar refractivity (Wildman–Crippen MR) is 55.5 cm³/mol. The average molecular weight is 224 g/mol. The van der Waals surface area contributed by atoms with E-state index in [2.05, 4.69) is 5.32 Å². The van der Waals surface area contributed by atoms with E-state index < -0.39 is 6.10 Å². The number of hydrogen-bond donors (Lipinski definition) is 2. The molecule has 1 amide bonds. The molecule has 0 bridgehead atoms. The summed E-state index contributed by atoms with van der Waals surface area (Å²) in [6.45, 7) is 0.781. The van der Waals surface area contributed by atoms with Gasteiger partial charge in [-0.3, -0.25) is 4.79 Å². The Bertz CT molecular complexity index is 155. The van der Waals surface area contributed by atoms with Crippen LogP contribution < -0.4 is 5.32 Å². The van der Waals surface area contributed by atoms with Gasteiger partial charge in [-0.1, -0.05) is 0 Å². The summed E-state index contributed by atoms with van der Waals surface area (Å²) in [6, 6.07) is 0. The van der Waals surface area contributed by atoms with Crippen molar-refractivity contribution in [3.8, 4) is 0 Å². The molecule has 0 spiro atoms. The monoisotopic (exact) mass is 223 g/mol. The van der Waals surface area contributed by atoms with Crippen molar-refractivity contribution in [1.29, 1.82) is 0 Å². The maximum absolute atomic E-state index is 11.1. The summed E-state index contributed by atoms with van der Waals surface area (Å²) >= 11 is 5.43. The molecule has 0 radical (unpaired) electrons.